The molecule has 0 saturated heterocycles. The van der Waals surface area contributed by atoms with E-state index >= 15 is 0 Å². The summed E-state index contributed by atoms with van der Waals surface area (Å²) in [5.74, 6) is -1.13. The van der Waals surface area contributed by atoms with Crippen LogP contribution in [-0.2, 0) is 12.4 Å². The third-order valence-corrected chi connectivity index (χ3v) is 4.81. The molecule has 0 aliphatic rings. The molecule has 0 aliphatic heterocycles. The fraction of sp³-hybridized carbons (Fsp3) is 0.263. The molecule has 0 spiro atoms. The van der Waals surface area contributed by atoms with Gasteiger partial charge in [-0.05, 0) is 44.2 Å². The normalized spacial score (nSPS) is 13.5. The molecule has 4 rings (SSSR count). The Morgan fingerprint density at radius 3 is 2.41 bits per heavy atom. The molecule has 1 unspecified atom stereocenters. The van der Waals surface area contributed by atoms with Gasteiger partial charge in [0.2, 0.25) is 0 Å². The van der Waals surface area contributed by atoms with Crippen molar-refractivity contribution in [1.29, 1.82) is 0 Å². The molecule has 0 aliphatic carbocycles. The quantitative estimate of drug-likeness (QED) is 0.447. The summed E-state index contributed by atoms with van der Waals surface area (Å²) in [5.41, 5.74) is 0.554. The Balaban J connectivity index is 1.62. The van der Waals surface area contributed by atoms with Crippen LogP contribution < -0.4 is 5.32 Å². The molecule has 32 heavy (non-hydrogen) atoms. The lowest BCUT2D eigenvalue weighted by Gasteiger charge is -2.15. The minimum atomic E-state index is -4.72. The van der Waals surface area contributed by atoms with Gasteiger partial charge in [-0.2, -0.15) is 36.0 Å². The van der Waals surface area contributed by atoms with Crippen molar-refractivity contribution < 1.29 is 26.3 Å². The summed E-state index contributed by atoms with van der Waals surface area (Å²) < 4.78 is 80.2. The molecule has 1 aromatic carbocycles. The van der Waals surface area contributed by atoms with Crippen molar-refractivity contribution in [2.75, 3.05) is 5.32 Å². The van der Waals surface area contributed by atoms with Gasteiger partial charge in [-0.25, -0.2) is 4.68 Å². The molecule has 0 saturated carbocycles. The van der Waals surface area contributed by atoms with E-state index in [1.807, 2.05) is 0 Å². The average Bonchev–Trinajstić information content (AvgIpc) is 3.30. The molecule has 0 bridgehead atoms. The molecule has 1 N–H and O–H groups in total. The highest BCUT2D eigenvalue weighted by molar-refractivity contribution is 5.46. The SMILES string of the molecule is Cc1c(C(C)Nc2ccc3nnc(C(F)(F)F)n3n2)cnn1-c1cccc(C(F)(F)F)c1. The van der Waals surface area contributed by atoms with Gasteiger partial charge in [-0.1, -0.05) is 6.07 Å². The van der Waals surface area contributed by atoms with Gasteiger partial charge in [-0.15, -0.1) is 15.3 Å². The maximum atomic E-state index is 13.1. The minimum Gasteiger partial charge on any atom is -0.362 e. The molecule has 0 fully saturated rings. The Bertz CT molecular complexity index is 1270. The van der Waals surface area contributed by atoms with E-state index in [0.29, 0.717) is 15.8 Å². The van der Waals surface area contributed by atoms with Crippen molar-refractivity contribution >= 4 is 11.5 Å². The highest BCUT2D eigenvalue weighted by Gasteiger charge is 2.37. The van der Waals surface area contributed by atoms with Crippen LogP contribution in [0.4, 0.5) is 32.2 Å². The molecular weight excluding hydrogens is 440 g/mol. The lowest BCUT2D eigenvalue weighted by Crippen LogP contribution is -2.15. The molecule has 3 aromatic heterocycles. The van der Waals surface area contributed by atoms with Gasteiger partial charge in [0.1, 0.15) is 5.82 Å². The number of halogens is 6. The zero-order valence-corrected chi connectivity index (χ0v) is 16.6. The summed E-state index contributed by atoms with van der Waals surface area (Å²) in [7, 11) is 0. The number of hydrogen-bond acceptors (Lipinski definition) is 5. The monoisotopic (exact) mass is 455 g/mol. The Kier molecular flexibility index (Phi) is 5.06. The van der Waals surface area contributed by atoms with E-state index in [-0.39, 0.29) is 17.2 Å². The summed E-state index contributed by atoms with van der Waals surface area (Å²) in [4.78, 5) is 0. The number of fused-ring (bicyclic) bond motifs is 1. The van der Waals surface area contributed by atoms with Crippen molar-refractivity contribution in [3.05, 3.63) is 65.2 Å². The number of hydrogen-bond donors (Lipinski definition) is 1. The van der Waals surface area contributed by atoms with Crippen LogP contribution in [0.25, 0.3) is 11.3 Å². The van der Waals surface area contributed by atoms with Crippen molar-refractivity contribution in [2.24, 2.45) is 0 Å². The van der Waals surface area contributed by atoms with Gasteiger partial charge < -0.3 is 5.32 Å². The first-order valence-corrected chi connectivity index (χ1v) is 9.23. The maximum Gasteiger partial charge on any atom is 0.453 e. The fourth-order valence-electron chi connectivity index (χ4n) is 3.26. The van der Waals surface area contributed by atoms with Crippen LogP contribution in [0.1, 0.15) is 35.6 Å². The lowest BCUT2D eigenvalue weighted by molar-refractivity contribution is -0.146. The van der Waals surface area contributed by atoms with Crippen molar-refractivity contribution in [2.45, 2.75) is 32.2 Å². The first-order chi connectivity index (χ1) is 14.9. The Labute approximate surface area is 176 Å². The second kappa shape index (κ2) is 7.50. The molecule has 0 radical (unpaired) electrons. The van der Waals surface area contributed by atoms with E-state index in [1.54, 1.807) is 13.8 Å². The molecule has 7 nitrogen and oxygen atoms in total. The summed E-state index contributed by atoms with van der Waals surface area (Å²) in [6.07, 6.45) is -7.73. The average molecular weight is 455 g/mol. The van der Waals surface area contributed by atoms with E-state index in [0.717, 1.165) is 12.1 Å². The molecule has 4 aromatic rings. The number of alkyl halides is 6. The Morgan fingerprint density at radius 1 is 0.969 bits per heavy atom. The van der Waals surface area contributed by atoms with Crippen LogP contribution in [0.5, 0.6) is 0 Å². The minimum absolute atomic E-state index is 0.0657. The maximum absolute atomic E-state index is 13.1. The Hall–Kier alpha value is -3.64. The third kappa shape index (κ3) is 3.97. The second-order valence-electron chi connectivity index (χ2n) is 7.02. The summed E-state index contributed by atoms with van der Waals surface area (Å²) in [6.45, 7) is 3.40. The summed E-state index contributed by atoms with van der Waals surface area (Å²) >= 11 is 0. The summed E-state index contributed by atoms with van der Waals surface area (Å²) in [5, 5.41) is 17.6. The first kappa shape index (κ1) is 21.6. The van der Waals surface area contributed by atoms with Crippen molar-refractivity contribution in [1.82, 2.24) is 29.6 Å². The predicted octanol–water partition coefficient (Wildman–Crippen LogP) is 4.83. The smallest absolute Gasteiger partial charge is 0.362 e. The Morgan fingerprint density at radius 2 is 1.72 bits per heavy atom. The van der Waals surface area contributed by atoms with Gasteiger partial charge in [0.15, 0.2) is 5.65 Å². The molecule has 168 valence electrons. The van der Waals surface area contributed by atoms with E-state index < -0.39 is 29.8 Å². The third-order valence-electron chi connectivity index (χ3n) is 4.81. The topological polar surface area (TPSA) is 72.9 Å². The zero-order chi connectivity index (χ0) is 23.3. The number of benzene rings is 1. The molecule has 0 amide bonds. The van der Waals surface area contributed by atoms with Gasteiger partial charge in [-0.3, -0.25) is 0 Å². The van der Waals surface area contributed by atoms with Crippen LogP contribution in [0, 0.1) is 6.92 Å². The highest BCUT2D eigenvalue weighted by Crippen LogP contribution is 2.31. The van der Waals surface area contributed by atoms with E-state index in [2.05, 4.69) is 25.7 Å². The molecular formula is C19H15F6N7. The molecule has 1 atom stereocenters. The number of nitrogens with zero attached hydrogens (tertiary/aromatic N) is 6. The standard InChI is InChI=1S/C19H15F6N7/c1-10(27-15-6-7-16-28-29-17(19(23,24)25)32(16)30-15)14-9-26-31(11(14)2)13-5-3-4-12(8-13)18(20,21)22/h3-10H,1-2H3,(H,27,30). The van der Waals surface area contributed by atoms with E-state index in [4.69, 9.17) is 0 Å². The van der Waals surface area contributed by atoms with Crippen molar-refractivity contribution in [3.63, 3.8) is 0 Å². The zero-order valence-electron chi connectivity index (χ0n) is 16.6. The predicted molar refractivity (Wildman–Crippen MR) is 101 cm³/mol. The molecule has 3 heterocycles. The highest BCUT2D eigenvalue weighted by atomic mass is 19.4. The number of aromatic nitrogens is 6. The second-order valence-corrected chi connectivity index (χ2v) is 7.02. The largest absolute Gasteiger partial charge is 0.453 e. The van der Waals surface area contributed by atoms with Crippen LogP contribution in [0.15, 0.2) is 42.6 Å². The van der Waals surface area contributed by atoms with Crippen LogP contribution >= 0.6 is 0 Å². The van der Waals surface area contributed by atoms with Gasteiger partial charge in [0.05, 0.1) is 23.5 Å². The number of rotatable bonds is 4. The van der Waals surface area contributed by atoms with Gasteiger partial charge >= 0.3 is 12.4 Å². The lowest BCUT2D eigenvalue weighted by atomic mass is 10.1. The first-order valence-electron chi connectivity index (χ1n) is 9.23. The summed E-state index contributed by atoms with van der Waals surface area (Å²) in [6, 6.07) is 7.06. The van der Waals surface area contributed by atoms with Crippen molar-refractivity contribution in [3.8, 4) is 5.69 Å². The molecule has 13 heteroatoms. The number of anilines is 1. The van der Waals surface area contributed by atoms with Gasteiger partial charge in [0, 0.05) is 11.3 Å². The fourth-order valence-corrected chi connectivity index (χ4v) is 3.26. The van der Waals surface area contributed by atoms with Gasteiger partial charge in [0.25, 0.3) is 5.82 Å². The number of nitrogens with one attached hydrogen (secondary N) is 1. The van der Waals surface area contributed by atoms with E-state index in [1.165, 1.54) is 35.1 Å². The van der Waals surface area contributed by atoms with Crippen LogP contribution in [0.2, 0.25) is 0 Å². The van der Waals surface area contributed by atoms with Crippen LogP contribution in [-0.4, -0.2) is 29.6 Å². The van der Waals surface area contributed by atoms with E-state index in [9.17, 15) is 26.3 Å². The van der Waals surface area contributed by atoms with Crippen LogP contribution in [0.3, 0.4) is 0 Å².